The Kier molecular flexibility index (Phi) is 4.66. The molecule has 0 bridgehead atoms. The van der Waals surface area contributed by atoms with Crippen molar-refractivity contribution in [3.63, 3.8) is 0 Å². The van der Waals surface area contributed by atoms with Gasteiger partial charge in [0.1, 0.15) is 6.04 Å². The Hall–Kier alpha value is -1.68. The minimum absolute atomic E-state index is 0.456. The fraction of sp³-hybridized carbons (Fsp3) is 0.333. The molecule has 0 heterocycles. The van der Waals surface area contributed by atoms with Crippen molar-refractivity contribution in [3.8, 4) is 0 Å². The summed E-state index contributed by atoms with van der Waals surface area (Å²) < 4.78 is 0. The van der Waals surface area contributed by atoms with Crippen molar-refractivity contribution in [1.82, 2.24) is 0 Å². The van der Waals surface area contributed by atoms with E-state index in [1.54, 1.807) is 13.8 Å². The molecule has 0 spiro atoms. The van der Waals surface area contributed by atoms with Crippen LogP contribution in [0.5, 0.6) is 0 Å². The maximum absolute atomic E-state index is 11.4. The zero-order valence-electron chi connectivity index (χ0n) is 9.51. The van der Waals surface area contributed by atoms with Gasteiger partial charge in [-0.05, 0) is 25.8 Å². The molecule has 1 unspecified atom stereocenters. The first-order valence-electron chi connectivity index (χ1n) is 5.11. The van der Waals surface area contributed by atoms with E-state index in [0.29, 0.717) is 12.1 Å². The van der Waals surface area contributed by atoms with E-state index in [4.69, 9.17) is 5.73 Å². The number of carbonyl (C=O) groups is 1. The second-order valence-electron chi connectivity index (χ2n) is 3.75. The van der Waals surface area contributed by atoms with Crippen LogP contribution in [0.1, 0.15) is 19.4 Å². The fourth-order valence-electron chi connectivity index (χ4n) is 1.16. The number of hydrogen-bond donors (Lipinski definition) is 1. The zero-order chi connectivity index (χ0) is 12.0. The number of benzene rings is 1. The number of nitrogens with two attached hydrogens (primary N) is 1. The predicted molar refractivity (Wildman–Crippen MR) is 63.0 cm³/mol. The summed E-state index contributed by atoms with van der Waals surface area (Å²) in [5.74, 6) is -0.509. The minimum Gasteiger partial charge on any atom is -0.318 e. The van der Waals surface area contributed by atoms with E-state index < -0.39 is 12.0 Å². The molecule has 16 heavy (non-hydrogen) atoms. The van der Waals surface area contributed by atoms with Crippen molar-refractivity contribution in [2.45, 2.75) is 26.3 Å². The molecule has 0 fully saturated rings. The van der Waals surface area contributed by atoms with Crippen molar-refractivity contribution in [1.29, 1.82) is 0 Å². The first-order chi connectivity index (χ1) is 7.59. The molecule has 2 N–H and O–H groups in total. The summed E-state index contributed by atoms with van der Waals surface area (Å²) in [6.07, 6.45) is 0.456. The van der Waals surface area contributed by atoms with Crippen LogP contribution in [0.15, 0.2) is 35.5 Å². The Bertz CT molecular complexity index is 370. The molecule has 0 aliphatic rings. The van der Waals surface area contributed by atoms with Gasteiger partial charge in [0.25, 0.3) is 0 Å². The lowest BCUT2D eigenvalue weighted by Gasteiger charge is -2.08. The third-order valence-electron chi connectivity index (χ3n) is 1.92. The summed E-state index contributed by atoms with van der Waals surface area (Å²) in [4.78, 5) is 16.1. The molecule has 0 saturated carbocycles. The molecule has 0 aliphatic heterocycles. The van der Waals surface area contributed by atoms with Gasteiger partial charge < -0.3 is 10.6 Å². The highest BCUT2D eigenvalue weighted by molar-refractivity contribution is 5.81. The van der Waals surface area contributed by atoms with E-state index in [1.807, 2.05) is 30.3 Å². The monoisotopic (exact) mass is 220 g/mol. The fourth-order valence-corrected chi connectivity index (χ4v) is 1.16. The first-order valence-corrected chi connectivity index (χ1v) is 5.11. The normalized spacial score (nSPS) is 11.7. The summed E-state index contributed by atoms with van der Waals surface area (Å²) in [5.41, 5.74) is 7.38. The van der Waals surface area contributed by atoms with Crippen molar-refractivity contribution in [3.05, 3.63) is 35.9 Å². The molecule has 0 aromatic heterocycles. The highest BCUT2D eigenvalue weighted by Crippen LogP contribution is 2.03. The van der Waals surface area contributed by atoms with Crippen molar-refractivity contribution >= 4 is 11.7 Å². The van der Waals surface area contributed by atoms with Crippen molar-refractivity contribution in [2.24, 2.45) is 10.9 Å². The highest BCUT2D eigenvalue weighted by atomic mass is 16.7. The van der Waals surface area contributed by atoms with E-state index in [2.05, 4.69) is 9.99 Å². The topological polar surface area (TPSA) is 64.7 Å². The SMILES string of the molecule is CC(C)=NOC(=O)C(N)Cc1ccccc1. The summed E-state index contributed by atoms with van der Waals surface area (Å²) >= 11 is 0. The average molecular weight is 220 g/mol. The van der Waals surface area contributed by atoms with Crippen LogP contribution in [0.25, 0.3) is 0 Å². The van der Waals surface area contributed by atoms with Crippen LogP contribution in [-0.2, 0) is 16.1 Å². The molecule has 4 nitrogen and oxygen atoms in total. The van der Waals surface area contributed by atoms with E-state index in [0.717, 1.165) is 5.56 Å². The number of nitrogens with zero attached hydrogens (tertiary/aromatic N) is 1. The molecule has 1 atom stereocenters. The zero-order valence-corrected chi connectivity index (χ0v) is 9.51. The molecule has 0 amide bonds. The number of rotatable bonds is 4. The summed E-state index contributed by atoms with van der Waals surface area (Å²) in [5, 5.41) is 3.57. The quantitative estimate of drug-likeness (QED) is 0.475. The maximum Gasteiger partial charge on any atom is 0.351 e. The second-order valence-corrected chi connectivity index (χ2v) is 3.75. The van der Waals surface area contributed by atoms with Crippen LogP contribution >= 0.6 is 0 Å². The van der Waals surface area contributed by atoms with E-state index in [1.165, 1.54) is 0 Å². The Morgan fingerprint density at radius 3 is 2.56 bits per heavy atom. The standard InChI is InChI=1S/C12H16N2O2/c1-9(2)14-16-12(15)11(13)8-10-6-4-3-5-7-10/h3-7,11H,8,13H2,1-2H3. The van der Waals surface area contributed by atoms with Crippen LogP contribution in [-0.4, -0.2) is 17.7 Å². The molecule has 1 aromatic rings. The van der Waals surface area contributed by atoms with Gasteiger partial charge >= 0.3 is 5.97 Å². The molecule has 0 saturated heterocycles. The van der Waals surface area contributed by atoms with Gasteiger partial charge in [0, 0.05) is 0 Å². The second kappa shape index (κ2) is 6.02. The van der Waals surface area contributed by atoms with Crippen LogP contribution in [0.2, 0.25) is 0 Å². The molecular weight excluding hydrogens is 204 g/mol. The Labute approximate surface area is 95.1 Å². The van der Waals surface area contributed by atoms with Gasteiger partial charge in [-0.1, -0.05) is 35.5 Å². The van der Waals surface area contributed by atoms with E-state index >= 15 is 0 Å². The van der Waals surface area contributed by atoms with Crippen LogP contribution in [0.4, 0.5) is 0 Å². The van der Waals surface area contributed by atoms with Crippen molar-refractivity contribution in [2.75, 3.05) is 0 Å². The molecule has 1 rings (SSSR count). The summed E-state index contributed by atoms with van der Waals surface area (Å²) in [6.45, 7) is 3.49. The number of hydrogen-bond acceptors (Lipinski definition) is 4. The third kappa shape index (κ3) is 4.23. The van der Waals surface area contributed by atoms with Crippen LogP contribution < -0.4 is 5.73 Å². The lowest BCUT2D eigenvalue weighted by molar-refractivity contribution is -0.145. The number of carbonyl (C=O) groups excluding carboxylic acids is 1. The lowest BCUT2D eigenvalue weighted by Crippen LogP contribution is -2.33. The molecule has 4 heteroatoms. The van der Waals surface area contributed by atoms with Gasteiger partial charge in [0.15, 0.2) is 0 Å². The van der Waals surface area contributed by atoms with Gasteiger partial charge in [0.2, 0.25) is 0 Å². The largest absolute Gasteiger partial charge is 0.351 e. The first kappa shape index (κ1) is 12.4. The Balaban J connectivity index is 2.49. The summed E-state index contributed by atoms with van der Waals surface area (Å²) in [7, 11) is 0. The Morgan fingerprint density at radius 1 is 1.38 bits per heavy atom. The molecular formula is C12H16N2O2. The van der Waals surface area contributed by atoms with E-state index in [-0.39, 0.29) is 0 Å². The number of oxime groups is 1. The third-order valence-corrected chi connectivity index (χ3v) is 1.92. The molecule has 0 aliphatic carbocycles. The van der Waals surface area contributed by atoms with Gasteiger partial charge in [0.05, 0.1) is 5.71 Å². The molecule has 0 radical (unpaired) electrons. The minimum atomic E-state index is -0.675. The van der Waals surface area contributed by atoms with Gasteiger partial charge in [-0.15, -0.1) is 0 Å². The molecule has 86 valence electrons. The average Bonchev–Trinajstić information content (AvgIpc) is 2.27. The highest BCUT2D eigenvalue weighted by Gasteiger charge is 2.15. The van der Waals surface area contributed by atoms with Gasteiger partial charge in [-0.3, -0.25) is 0 Å². The smallest absolute Gasteiger partial charge is 0.318 e. The van der Waals surface area contributed by atoms with Crippen LogP contribution in [0, 0.1) is 0 Å². The molecule has 1 aromatic carbocycles. The van der Waals surface area contributed by atoms with Crippen molar-refractivity contribution < 1.29 is 9.63 Å². The van der Waals surface area contributed by atoms with Gasteiger partial charge in [-0.2, -0.15) is 0 Å². The Morgan fingerprint density at radius 2 is 2.00 bits per heavy atom. The van der Waals surface area contributed by atoms with Crippen LogP contribution in [0.3, 0.4) is 0 Å². The predicted octanol–water partition coefficient (Wildman–Crippen LogP) is 1.50. The summed E-state index contributed by atoms with van der Waals surface area (Å²) in [6, 6.07) is 8.88. The lowest BCUT2D eigenvalue weighted by atomic mass is 10.1. The van der Waals surface area contributed by atoms with E-state index in [9.17, 15) is 4.79 Å². The van der Waals surface area contributed by atoms with Gasteiger partial charge in [-0.25, -0.2) is 4.79 Å². The maximum atomic E-state index is 11.4.